The van der Waals surface area contributed by atoms with E-state index in [9.17, 15) is 14.4 Å². The van der Waals surface area contributed by atoms with Gasteiger partial charge in [-0.2, -0.15) is 0 Å². The lowest BCUT2D eigenvalue weighted by atomic mass is 10.1. The number of carbonyl (C=O) groups is 3. The first-order chi connectivity index (χ1) is 36.0. The standard InChI is InChI=1S/C67H114O6/c1-4-7-10-13-16-19-22-25-28-31-34-37-39-42-45-48-51-54-57-60-66(69)72-63-64(73-67(70)61-58-55-52-49-46-43-40-36-33-30-27-24-21-18-15-12-9-6-3)62-71-65(68)59-56-53-50-47-44-41-38-35-32-29-26-23-20-17-14-11-8-5-2/h7,10,16,19,25,28-30,32-38,40,64H,4-6,8-9,11-15,17-18,20-24,26-27,31,39,41-63H2,1-3H3/b10-7-,19-16-,28-25-,32-29-,33-30-,37-34-,38-35-,40-36-. The van der Waals surface area contributed by atoms with Crippen molar-refractivity contribution in [2.24, 2.45) is 0 Å². The molecule has 0 bridgehead atoms. The third-order valence-electron chi connectivity index (χ3n) is 13.1. The molecule has 0 aliphatic heterocycles. The molecule has 0 heterocycles. The number of allylic oxidation sites excluding steroid dienone is 16. The van der Waals surface area contributed by atoms with E-state index >= 15 is 0 Å². The molecule has 73 heavy (non-hydrogen) atoms. The fourth-order valence-corrected chi connectivity index (χ4v) is 8.47. The summed E-state index contributed by atoms with van der Waals surface area (Å²) < 4.78 is 16.9. The van der Waals surface area contributed by atoms with Crippen LogP contribution in [0.5, 0.6) is 0 Å². The zero-order valence-corrected chi connectivity index (χ0v) is 47.9. The molecule has 0 saturated carbocycles. The van der Waals surface area contributed by atoms with E-state index in [1.54, 1.807) is 0 Å². The molecule has 0 N–H and O–H groups in total. The summed E-state index contributed by atoms with van der Waals surface area (Å²) >= 11 is 0. The summed E-state index contributed by atoms with van der Waals surface area (Å²) in [6.45, 7) is 6.50. The van der Waals surface area contributed by atoms with Gasteiger partial charge in [-0.15, -0.1) is 0 Å². The van der Waals surface area contributed by atoms with Gasteiger partial charge in [0.15, 0.2) is 6.10 Å². The molecule has 0 amide bonds. The Morgan fingerprint density at radius 2 is 0.575 bits per heavy atom. The van der Waals surface area contributed by atoms with Crippen molar-refractivity contribution in [3.8, 4) is 0 Å². The number of hydrogen-bond acceptors (Lipinski definition) is 6. The normalized spacial score (nSPS) is 12.8. The van der Waals surface area contributed by atoms with E-state index in [1.807, 2.05) is 0 Å². The van der Waals surface area contributed by atoms with Crippen molar-refractivity contribution >= 4 is 17.9 Å². The summed E-state index contributed by atoms with van der Waals surface area (Å²) in [5.41, 5.74) is 0. The third-order valence-corrected chi connectivity index (χ3v) is 13.1. The second-order valence-electron chi connectivity index (χ2n) is 20.3. The fourth-order valence-electron chi connectivity index (χ4n) is 8.47. The first kappa shape index (κ1) is 69.3. The molecular formula is C67H114O6. The highest BCUT2D eigenvalue weighted by Gasteiger charge is 2.19. The number of esters is 3. The first-order valence-corrected chi connectivity index (χ1v) is 30.8. The van der Waals surface area contributed by atoms with Crippen LogP contribution >= 0.6 is 0 Å². The Labute approximate surface area is 451 Å². The van der Waals surface area contributed by atoms with Gasteiger partial charge in [0.2, 0.25) is 0 Å². The van der Waals surface area contributed by atoms with Crippen LogP contribution in [0.2, 0.25) is 0 Å². The van der Waals surface area contributed by atoms with E-state index in [0.717, 1.165) is 135 Å². The molecule has 0 saturated heterocycles. The van der Waals surface area contributed by atoms with Gasteiger partial charge in [0.1, 0.15) is 13.2 Å². The van der Waals surface area contributed by atoms with Crippen molar-refractivity contribution in [1.82, 2.24) is 0 Å². The number of rotatable bonds is 55. The Kier molecular flexibility index (Phi) is 57.8. The van der Waals surface area contributed by atoms with Gasteiger partial charge in [-0.05, 0) is 109 Å². The van der Waals surface area contributed by atoms with E-state index in [2.05, 4.69) is 118 Å². The molecule has 6 nitrogen and oxygen atoms in total. The largest absolute Gasteiger partial charge is 0.462 e. The van der Waals surface area contributed by atoms with E-state index in [1.165, 1.54) is 116 Å². The van der Waals surface area contributed by atoms with Crippen molar-refractivity contribution in [2.75, 3.05) is 13.2 Å². The molecule has 0 aliphatic carbocycles. The van der Waals surface area contributed by atoms with Crippen LogP contribution in [-0.2, 0) is 28.6 Å². The summed E-state index contributed by atoms with van der Waals surface area (Å²) in [4.78, 5) is 38.3. The number of unbranched alkanes of at least 4 members (excludes halogenated alkanes) is 30. The molecule has 0 rings (SSSR count). The van der Waals surface area contributed by atoms with Crippen LogP contribution in [0, 0.1) is 0 Å². The maximum absolute atomic E-state index is 12.9. The highest BCUT2D eigenvalue weighted by molar-refractivity contribution is 5.71. The van der Waals surface area contributed by atoms with E-state index in [-0.39, 0.29) is 31.1 Å². The second-order valence-corrected chi connectivity index (χ2v) is 20.3. The second kappa shape index (κ2) is 60.9. The first-order valence-electron chi connectivity index (χ1n) is 30.8. The minimum absolute atomic E-state index is 0.0968. The molecule has 0 radical (unpaired) electrons. The Balaban J connectivity index is 4.47. The Morgan fingerprint density at radius 3 is 0.918 bits per heavy atom. The molecular weight excluding hydrogens is 901 g/mol. The molecule has 0 aromatic rings. The Morgan fingerprint density at radius 1 is 0.301 bits per heavy atom. The lowest BCUT2D eigenvalue weighted by molar-refractivity contribution is -0.167. The van der Waals surface area contributed by atoms with Gasteiger partial charge in [0.05, 0.1) is 0 Å². The zero-order valence-electron chi connectivity index (χ0n) is 47.9. The van der Waals surface area contributed by atoms with Gasteiger partial charge in [-0.25, -0.2) is 0 Å². The van der Waals surface area contributed by atoms with Gasteiger partial charge in [0.25, 0.3) is 0 Å². The van der Waals surface area contributed by atoms with Crippen LogP contribution in [0.1, 0.15) is 290 Å². The minimum Gasteiger partial charge on any atom is -0.462 e. The van der Waals surface area contributed by atoms with E-state index in [0.29, 0.717) is 19.3 Å². The minimum atomic E-state index is -0.801. The van der Waals surface area contributed by atoms with Gasteiger partial charge in [-0.1, -0.05) is 259 Å². The highest BCUT2D eigenvalue weighted by Crippen LogP contribution is 2.15. The number of hydrogen-bond donors (Lipinski definition) is 0. The molecule has 0 aromatic carbocycles. The van der Waals surface area contributed by atoms with Crippen LogP contribution in [0.3, 0.4) is 0 Å². The van der Waals surface area contributed by atoms with Crippen molar-refractivity contribution in [2.45, 2.75) is 297 Å². The number of ether oxygens (including phenoxy) is 3. The molecule has 0 aromatic heterocycles. The SMILES string of the molecule is CC/C=C\C/C=C\C/C=C\C/C=C\CCCCCCCCC(=O)OCC(COC(=O)CCCCCCC/C=C\C=C/CCCCCCCCC)OC(=O)CCCCCCC/C=C\C=C/CCCCCCCCC. The van der Waals surface area contributed by atoms with Crippen molar-refractivity contribution in [3.05, 3.63) is 97.2 Å². The molecule has 1 atom stereocenters. The molecule has 0 spiro atoms. The van der Waals surface area contributed by atoms with Crippen molar-refractivity contribution in [1.29, 1.82) is 0 Å². The smallest absolute Gasteiger partial charge is 0.306 e. The van der Waals surface area contributed by atoms with Crippen LogP contribution in [0.15, 0.2) is 97.2 Å². The maximum atomic E-state index is 12.9. The number of carbonyl (C=O) groups excluding carboxylic acids is 3. The van der Waals surface area contributed by atoms with Crippen molar-refractivity contribution < 1.29 is 28.6 Å². The summed E-state index contributed by atoms with van der Waals surface area (Å²) in [6.07, 6.45) is 81.1. The van der Waals surface area contributed by atoms with Gasteiger partial charge >= 0.3 is 17.9 Å². The predicted octanol–water partition coefficient (Wildman–Crippen LogP) is 20.9. The molecule has 418 valence electrons. The van der Waals surface area contributed by atoms with Crippen LogP contribution in [0.4, 0.5) is 0 Å². The third kappa shape index (κ3) is 59.1. The summed E-state index contributed by atoms with van der Waals surface area (Å²) in [6, 6.07) is 0. The molecule has 0 fully saturated rings. The fraction of sp³-hybridized carbons (Fsp3) is 0.716. The average molecular weight is 1020 g/mol. The topological polar surface area (TPSA) is 78.9 Å². The lowest BCUT2D eigenvalue weighted by Gasteiger charge is -2.18. The predicted molar refractivity (Wildman–Crippen MR) is 316 cm³/mol. The lowest BCUT2D eigenvalue weighted by Crippen LogP contribution is -2.30. The molecule has 6 heteroatoms. The van der Waals surface area contributed by atoms with Crippen LogP contribution in [0.25, 0.3) is 0 Å². The van der Waals surface area contributed by atoms with Crippen molar-refractivity contribution in [3.63, 3.8) is 0 Å². The summed E-state index contributed by atoms with van der Waals surface area (Å²) in [5, 5.41) is 0. The Hall–Kier alpha value is -3.67. The van der Waals surface area contributed by atoms with Gasteiger partial charge in [-0.3, -0.25) is 14.4 Å². The van der Waals surface area contributed by atoms with Crippen LogP contribution < -0.4 is 0 Å². The van der Waals surface area contributed by atoms with Crippen LogP contribution in [-0.4, -0.2) is 37.2 Å². The summed E-state index contributed by atoms with van der Waals surface area (Å²) in [7, 11) is 0. The van der Waals surface area contributed by atoms with E-state index < -0.39 is 6.10 Å². The Bertz CT molecular complexity index is 1440. The summed E-state index contributed by atoms with van der Waals surface area (Å²) in [5.74, 6) is -0.932. The highest BCUT2D eigenvalue weighted by atomic mass is 16.6. The average Bonchev–Trinajstić information content (AvgIpc) is 3.39. The quantitative estimate of drug-likeness (QED) is 0.0199. The van der Waals surface area contributed by atoms with Gasteiger partial charge in [0, 0.05) is 19.3 Å². The monoisotopic (exact) mass is 1010 g/mol. The maximum Gasteiger partial charge on any atom is 0.306 e. The van der Waals surface area contributed by atoms with E-state index in [4.69, 9.17) is 14.2 Å². The molecule has 0 aliphatic rings. The van der Waals surface area contributed by atoms with Gasteiger partial charge < -0.3 is 14.2 Å². The zero-order chi connectivity index (χ0) is 52.9. The molecule has 1 unspecified atom stereocenters.